The normalized spacial score (nSPS) is 14.1. The average Bonchev–Trinajstić information content (AvgIpc) is 2.76. The van der Waals surface area contributed by atoms with Crippen LogP contribution < -0.4 is 10.2 Å². The third-order valence-corrected chi connectivity index (χ3v) is 4.70. The van der Waals surface area contributed by atoms with E-state index in [9.17, 15) is 19.1 Å². The fourth-order valence-electron chi connectivity index (χ4n) is 3.36. The number of aliphatic hydroxyl groups is 1. The van der Waals surface area contributed by atoms with Gasteiger partial charge in [0, 0.05) is 12.6 Å². The Bertz CT molecular complexity index is 943. The minimum Gasteiger partial charge on any atom is -0.507 e. The summed E-state index contributed by atoms with van der Waals surface area (Å²) in [5, 5.41) is 13.1. The van der Waals surface area contributed by atoms with Crippen molar-refractivity contribution in [3.05, 3.63) is 70.0 Å². The molecule has 2 amide bonds. The minimum atomic E-state index is -0.494. The van der Waals surface area contributed by atoms with Crippen LogP contribution in [0.25, 0.3) is 5.76 Å². The van der Waals surface area contributed by atoms with E-state index in [0.29, 0.717) is 22.4 Å². The third kappa shape index (κ3) is 3.43. The number of nitrogens with zero attached hydrogens (tertiary/aromatic N) is 1. The van der Waals surface area contributed by atoms with Crippen molar-refractivity contribution in [2.45, 2.75) is 26.8 Å². The van der Waals surface area contributed by atoms with Gasteiger partial charge in [-0.25, -0.2) is 4.39 Å². The highest BCUT2D eigenvalue weighted by Crippen LogP contribution is 2.34. The molecule has 3 rings (SSSR count). The molecule has 0 atom stereocenters. The first kappa shape index (κ1) is 18.6. The molecule has 1 aliphatic rings. The SMILES string of the molecule is CNC(=O)C1=C(O)c2ccccc2N(Cc2cc(C)c(F)c(C)c2)C(=O)C1. The number of halogens is 1. The van der Waals surface area contributed by atoms with Crippen LogP contribution >= 0.6 is 0 Å². The van der Waals surface area contributed by atoms with E-state index >= 15 is 0 Å². The predicted octanol–water partition coefficient (Wildman–Crippen LogP) is 3.39. The highest BCUT2D eigenvalue weighted by atomic mass is 19.1. The quantitative estimate of drug-likeness (QED) is 0.872. The molecule has 2 aromatic rings. The summed E-state index contributed by atoms with van der Waals surface area (Å²) in [4.78, 5) is 26.6. The molecule has 2 N–H and O–H groups in total. The van der Waals surface area contributed by atoms with Crippen LogP contribution in [0, 0.1) is 19.7 Å². The van der Waals surface area contributed by atoms with Gasteiger partial charge in [-0.1, -0.05) is 24.3 Å². The molecule has 0 radical (unpaired) electrons. The first-order valence-electron chi connectivity index (χ1n) is 8.63. The molecule has 5 nitrogen and oxygen atoms in total. The molecule has 27 heavy (non-hydrogen) atoms. The molecule has 0 saturated carbocycles. The second kappa shape index (κ2) is 7.23. The van der Waals surface area contributed by atoms with Crippen molar-refractivity contribution in [3.63, 3.8) is 0 Å². The number of benzene rings is 2. The van der Waals surface area contributed by atoms with E-state index in [2.05, 4.69) is 5.32 Å². The lowest BCUT2D eigenvalue weighted by atomic mass is 10.0. The van der Waals surface area contributed by atoms with E-state index < -0.39 is 5.91 Å². The number of likely N-dealkylation sites (N-methyl/N-ethyl adjacent to an activating group) is 1. The van der Waals surface area contributed by atoms with Crippen LogP contribution in [-0.2, 0) is 16.1 Å². The van der Waals surface area contributed by atoms with Crippen molar-refractivity contribution < 1.29 is 19.1 Å². The molecule has 0 unspecified atom stereocenters. The number of hydrogen-bond acceptors (Lipinski definition) is 3. The lowest BCUT2D eigenvalue weighted by Crippen LogP contribution is -2.31. The molecule has 1 heterocycles. The lowest BCUT2D eigenvalue weighted by molar-refractivity contribution is -0.121. The molecule has 0 bridgehead atoms. The van der Waals surface area contributed by atoms with Gasteiger partial charge in [0.25, 0.3) is 5.91 Å². The number of fused-ring (bicyclic) bond motifs is 1. The standard InChI is InChI=1S/C21H21FN2O3/c1-12-8-14(9-13(2)19(12)22)11-24-17-7-5-4-6-15(17)20(26)16(10-18(24)25)21(27)23-3/h4-9,26H,10-11H2,1-3H3,(H,23,27). The van der Waals surface area contributed by atoms with Gasteiger partial charge in [-0.3, -0.25) is 9.59 Å². The van der Waals surface area contributed by atoms with E-state index in [1.807, 2.05) is 0 Å². The molecular formula is C21H21FN2O3. The van der Waals surface area contributed by atoms with E-state index in [1.54, 1.807) is 50.2 Å². The Balaban J connectivity index is 2.07. The second-order valence-electron chi connectivity index (χ2n) is 6.62. The number of nitrogens with one attached hydrogen (secondary N) is 1. The number of aliphatic hydroxyl groups excluding tert-OH is 1. The van der Waals surface area contributed by atoms with E-state index in [0.717, 1.165) is 5.56 Å². The van der Waals surface area contributed by atoms with Crippen LogP contribution in [0.4, 0.5) is 10.1 Å². The molecule has 1 aliphatic heterocycles. The number of para-hydroxylation sites is 1. The number of anilines is 1. The Hall–Kier alpha value is -3.15. The number of hydrogen-bond donors (Lipinski definition) is 2. The molecule has 0 saturated heterocycles. The lowest BCUT2D eigenvalue weighted by Gasteiger charge is -2.24. The Morgan fingerprint density at radius 3 is 2.48 bits per heavy atom. The van der Waals surface area contributed by atoms with Crippen molar-refractivity contribution >= 4 is 23.3 Å². The molecule has 0 spiro atoms. The Labute approximate surface area is 157 Å². The van der Waals surface area contributed by atoms with Gasteiger partial charge in [0.1, 0.15) is 11.6 Å². The number of carbonyl (C=O) groups is 2. The number of carbonyl (C=O) groups excluding carboxylic acids is 2. The molecule has 140 valence electrons. The monoisotopic (exact) mass is 368 g/mol. The van der Waals surface area contributed by atoms with Gasteiger partial charge < -0.3 is 15.3 Å². The molecule has 0 fully saturated rings. The van der Waals surface area contributed by atoms with E-state index in [4.69, 9.17) is 0 Å². The van der Waals surface area contributed by atoms with Gasteiger partial charge in [-0.05, 0) is 42.7 Å². The molecule has 0 aromatic heterocycles. The first-order valence-corrected chi connectivity index (χ1v) is 8.63. The van der Waals surface area contributed by atoms with Crippen molar-refractivity contribution in [2.24, 2.45) is 0 Å². The van der Waals surface area contributed by atoms with Crippen LogP contribution in [0.2, 0.25) is 0 Å². The smallest absolute Gasteiger partial charge is 0.251 e. The second-order valence-corrected chi connectivity index (χ2v) is 6.62. The van der Waals surface area contributed by atoms with Gasteiger partial charge in [-0.15, -0.1) is 0 Å². The van der Waals surface area contributed by atoms with Crippen LogP contribution in [0.1, 0.15) is 28.7 Å². The average molecular weight is 368 g/mol. The number of rotatable bonds is 3. The minimum absolute atomic E-state index is 0.0314. The largest absolute Gasteiger partial charge is 0.507 e. The first-order chi connectivity index (χ1) is 12.8. The van der Waals surface area contributed by atoms with Gasteiger partial charge in [0.2, 0.25) is 5.91 Å². The zero-order chi connectivity index (χ0) is 19.7. The van der Waals surface area contributed by atoms with Gasteiger partial charge in [0.15, 0.2) is 0 Å². The zero-order valence-corrected chi connectivity index (χ0v) is 15.5. The topological polar surface area (TPSA) is 69.6 Å². The van der Waals surface area contributed by atoms with E-state index in [1.165, 1.54) is 11.9 Å². The molecular weight excluding hydrogens is 347 g/mol. The summed E-state index contributed by atoms with van der Waals surface area (Å²) in [6.07, 6.45) is -0.223. The summed E-state index contributed by atoms with van der Waals surface area (Å²) in [5.74, 6) is -1.27. The fourth-order valence-corrected chi connectivity index (χ4v) is 3.36. The fraction of sp³-hybridized carbons (Fsp3) is 0.238. The predicted molar refractivity (Wildman–Crippen MR) is 102 cm³/mol. The van der Waals surface area contributed by atoms with Crippen molar-refractivity contribution in [2.75, 3.05) is 11.9 Å². The summed E-state index contributed by atoms with van der Waals surface area (Å²) in [5.41, 5.74) is 2.75. The third-order valence-electron chi connectivity index (χ3n) is 4.70. The van der Waals surface area contributed by atoms with Crippen molar-refractivity contribution in [1.82, 2.24) is 5.32 Å². The van der Waals surface area contributed by atoms with Crippen LogP contribution in [0.3, 0.4) is 0 Å². The maximum atomic E-state index is 13.9. The summed E-state index contributed by atoms with van der Waals surface area (Å²) in [6.45, 7) is 3.58. The van der Waals surface area contributed by atoms with Crippen molar-refractivity contribution in [3.8, 4) is 0 Å². The van der Waals surface area contributed by atoms with Crippen molar-refractivity contribution in [1.29, 1.82) is 0 Å². The van der Waals surface area contributed by atoms with Gasteiger partial charge in [-0.2, -0.15) is 0 Å². The Morgan fingerprint density at radius 2 is 1.85 bits per heavy atom. The molecule has 0 aliphatic carbocycles. The van der Waals surface area contributed by atoms with Gasteiger partial charge >= 0.3 is 0 Å². The van der Waals surface area contributed by atoms with E-state index in [-0.39, 0.29) is 36.0 Å². The zero-order valence-electron chi connectivity index (χ0n) is 15.5. The molecule has 2 aromatic carbocycles. The number of aryl methyl sites for hydroxylation is 2. The van der Waals surface area contributed by atoms with Crippen LogP contribution in [-0.4, -0.2) is 24.0 Å². The van der Waals surface area contributed by atoms with Gasteiger partial charge in [0.05, 0.1) is 24.2 Å². The molecule has 6 heteroatoms. The van der Waals surface area contributed by atoms with Crippen LogP contribution in [0.15, 0.2) is 42.0 Å². The summed E-state index contributed by atoms with van der Waals surface area (Å²) in [6, 6.07) is 10.3. The number of amides is 2. The maximum Gasteiger partial charge on any atom is 0.251 e. The summed E-state index contributed by atoms with van der Waals surface area (Å²) >= 11 is 0. The Kier molecular flexibility index (Phi) is 4.99. The Morgan fingerprint density at radius 1 is 1.22 bits per heavy atom. The van der Waals surface area contributed by atoms with Crippen LogP contribution in [0.5, 0.6) is 0 Å². The maximum absolute atomic E-state index is 13.9. The summed E-state index contributed by atoms with van der Waals surface area (Å²) < 4.78 is 13.9. The highest BCUT2D eigenvalue weighted by Gasteiger charge is 2.30. The highest BCUT2D eigenvalue weighted by molar-refractivity contribution is 6.10. The summed E-state index contributed by atoms with van der Waals surface area (Å²) in [7, 11) is 1.45.